The second-order valence-electron chi connectivity index (χ2n) is 7.86. The third-order valence-corrected chi connectivity index (χ3v) is 4.98. The summed E-state index contributed by atoms with van der Waals surface area (Å²) in [5, 5.41) is 9.51. The molecule has 1 fully saturated rings. The van der Waals surface area contributed by atoms with Crippen molar-refractivity contribution in [3.8, 4) is 0 Å². The average molecular weight is 413 g/mol. The zero-order chi connectivity index (χ0) is 21.3. The van der Waals surface area contributed by atoms with Crippen molar-refractivity contribution < 1.29 is 28.9 Å². The highest BCUT2D eigenvalue weighted by molar-refractivity contribution is 5.69. The first-order chi connectivity index (χ1) is 14.0. The van der Waals surface area contributed by atoms with Crippen molar-refractivity contribution in [2.24, 2.45) is 0 Å². The van der Waals surface area contributed by atoms with Crippen molar-refractivity contribution >= 4 is 11.9 Å². The number of hydrogen-bond donors (Lipinski definition) is 1. The van der Waals surface area contributed by atoms with Gasteiger partial charge in [0.15, 0.2) is 0 Å². The van der Waals surface area contributed by atoms with Crippen LogP contribution in [0, 0.1) is 0 Å². The molecule has 0 aliphatic carbocycles. The Kier molecular flexibility index (Phi) is 14.5. The molecule has 1 N–H and O–H groups in total. The van der Waals surface area contributed by atoms with Crippen LogP contribution in [0.2, 0.25) is 0 Å². The fourth-order valence-corrected chi connectivity index (χ4v) is 3.17. The van der Waals surface area contributed by atoms with Crippen molar-refractivity contribution in [3.63, 3.8) is 0 Å². The van der Waals surface area contributed by atoms with Gasteiger partial charge in [0.1, 0.15) is 19.3 Å². The molecular formula is C23H40O6. The molecule has 0 aromatic heterocycles. The molecule has 1 rings (SSSR count). The minimum Gasteiger partial charge on any atom is -0.463 e. The Morgan fingerprint density at radius 2 is 1.69 bits per heavy atom. The molecule has 168 valence electrons. The van der Waals surface area contributed by atoms with E-state index in [1.165, 1.54) is 39.0 Å². The lowest BCUT2D eigenvalue weighted by molar-refractivity contribution is -0.151. The Balaban J connectivity index is 1.85. The molecule has 6 heteroatoms. The Morgan fingerprint density at radius 1 is 0.966 bits per heavy atom. The van der Waals surface area contributed by atoms with Crippen LogP contribution in [-0.2, 0) is 23.8 Å². The summed E-state index contributed by atoms with van der Waals surface area (Å²) >= 11 is 0. The minimum atomic E-state index is -0.965. The Hall–Kier alpha value is -1.40. The van der Waals surface area contributed by atoms with Crippen LogP contribution in [0.5, 0.6) is 0 Å². The van der Waals surface area contributed by atoms with E-state index in [2.05, 4.69) is 23.8 Å². The van der Waals surface area contributed by atoms with Gasteiger partial charge in [-0.2, -0.15) is 0 Å². The summed E-state index contributed by atoms with van der Waals surface area (Å²) in [4.78, 5) is 22.2. The first kappa shape index (κ1) is 25.6. The van der Waals surface area contributed by atoms with E-state index in [-0.39, 0.29) is 19.2 Å². The second-order valence-corrected chi connectivity index (χ2v) is 7.86. The summed E-state index contributed by atoms with van der Waals surface area (Å²) in [6.45, 7) is 3.21. The molecular weight excluding hydrogens is 372 g/mol. The summed E-state index contributed by atoms with van der Waals surface area (Å²) < 4.78 is 15.3. The summed E-state index contributed by atoms with van der Waals surface area (Å²) in [7, 11) is 0. The third-order valence-electron chi connectivity index (χ3n) is 4.98. The zero-order valence-corrected chi connectivity index (χ0v) is 18.3. The summed E-state index contributed by atoms with van der Waals surface area (Å²) in [5.74, 6) is -0.780. The number of aliphatic hydroxyl groups is 1. The quantitative estimate of drug-likeness (QED) is 0.155. The molecule has 0 spiro atoms. The molecule has 0 aromatic rings. The molecule has 6 nitrogen and oxygen atoms in total. The van der Waals surface area contributed by atoms with E-state index in [0.717, 1.165) is 38.5 Å². The molecule has 1 heterocycles. The van der Waals surface area contributed by atoms with Gasteiger partial charge in [-0.3, -0.25) is 9.59 Å². The lowest BCUT2D eigenvalue weighted by atomic mass is 10.1. The Bertz CT molecular complexity index is 476. The Labute approximate surface area is 176 Å². The van der Waals surface area contributed by atoms with Crippen LogP contribution in [0.25, 0.3) is 0 Å². The van der Waals surface area contributed by atoms with Crippen molar-refractivity contribution in [3.05, 3.63) is 12.2 Å². The van der Waals surface area contributed by atoms with Crippen molar-refractivity contribution in [2.75, 3.05) is 13.2 Å². The molecule has 3 atom stereocenters. The molecule has 0 aromatic carbocycles. The van der Waals surface area contributed by atoms with E-state index in [4.69, 9.17) is 9.47 Å². The first-order valence-corrected chi connectivity index (χ1v) is 11.3. The highest BCUT2D eigenvalue weighted by atomic mass is 16.6. The largest absolute Gasteiger partial charge is 0.463 e. The van der Waals surface area contributed by atoms with Crippen LogP contribution in [0.3, 0.4) is 0 Å². The molecule has 0 amide bonds. The van der Waals surface area contributed by atoms with Gasteiger partial charge in [0.2, 0.25) is 0 Å². The van der Waals surface area contributed by atoms with Gasteiger partial charge < -0.3 is 19.3 Å². The van der Waals surface area contributed by atoms with E-state index in [1.54, 1.807) is 0 Å². The molecule has 0 radical (unpaired) electrons. The van der Waals surface area contributed by atoms with Crippen LogP contribution in [0.1, 0.15) is 90.9 Å². The topological polar surface area (TPSA) is 85.4 Å². The lowest BCUT2D eigenvalue weighted by Crippen LogP contribution is -2.24. The van der Waals surface area contributed by atoms with Crippen LogP contribution in [0.4, 0.5) is 0 Å². The van der Waals surface area contributed by atoms with Crippen molar-refractivity contribution in [2.45, 2.75) is 109 Å². The summed E-state index contributed by atoms with van der Waals surface area (Å²) in [6, 6.07) is 0. The first-order valence-electron chi connectivity index (χ1n) is 11.3. The molecule has 1 aliphatic rings. The average Bonchev–Trinajstić information content (AvgIpc) is 3.44. The monoisotopic (exact) mass is 412 g/mol. The van der Waals surface area contributed by atoms with E-state index >= 15 is 0 Å². The highest BCUT2D eigenvalue weighted by Gasteiger charge is 2.36. The van der Waals surface area contributed by atoms with Crippen LogP contribution in [0.15, 0.2) is 12.2 Å². The predicted octanol–water partition coefficient (Wildman–Crippen LogP) is 4.48. The lowest BCUT2D eigenvalue weighted by Gasteiger charge is -2.11. The number of aliphatic hydroxyl groups excluding tert-OH is 1. The number of esters is 2. The zero-order valence-electron chi connectivity index (χ0n) is 18.3. The molecule has 1 aliphatic heterocycles. The number of hydrogen-bond acceptors (Lipinski definition) is 6. The van der Waals surface area contributed by atoms with E-state index in [1.807, 2.05) is 0 Å². The molecule has 0 bridgehead atoms. The van der Waals surface area contributed by atoms with Gasteiger partial charge in [-0.05, 0) is 32.1 Å². The Morgan fingerprint density at radius 3 is 2.45 bits per heavy atom. The maximum atomic E-state index is 11.6. The highest BCUT2D eigenvalue weighted by Crippen LogP contribution is 2.30. The number of unbranched alkanes of at least 4 members (excludes halogenated alkanes) is 7. The van der Waals surface area contributed by atoms with Crippen LogP contribution in [-0.4, -0.2) is 48.6 Å². The minimum absolute atomic E-state index is 0.136. The maximum Gasteiger partial charge on any atom is 0.305 e. The van der Waals surface area contributed by atoms with Gasteiger partial charge in [0, 0.05) is 13.3 Å². The SMILES string of the molecule is CCCCC/C=C\CC1OC1CCCCCCCC(=O)OC[C@H](O)COC(C)=O. The third kappa shape index (κ3) is 15.1. The summed E-state index contributed by atoms with van der Waals surface area (Å²) in [6.07, 6.45) is 17.3. The molecule has 2 unspecified atom stereocenters. The van der Waals surface area contributed by atoms with Gasteiger partial charge in [-0.25, -0.2) is 0 Å². The molecule has 1 saturated heterocycles. The number of carbonyl (C=O) groups is 2. The number of epoxide rings is 1. The van der Waals surface area contributed by atoms with E-state index in [9.17, 15) is 14.7 Å². The molecule has 29 heavy (non-hydrogen) atoms. The number of ether oxygens (including phenoxy) is 3. The van der Waals surface area contributed by atoms with E-state index in [0.29, 0.717) is 18.6 Å². The predicted molar refractivity (Wildman–Crippen MR) is 112 cm³/mol. The number of rotatable bonds is 18. The van der Waals surface area contributed by atoms with Gasteiger partial charge in [0.05, 0.1) is 12.2 Å². The van der Waals surface area contributed by atoms with Gasteiger partial charge >= 0.3 is 11.9 Å². The van der Waals surface area contributed by atoms with Gasteiger partial charge in [-0.15, -0.1) is 0 Å². The van der Waals surface area contributed by atoms with Crippen molar-refractivity contribution in [1.82, 2.24) is 0 Å². The maximum absolute atomic E-state index is 11.6. The van der Waals surface area contributed by atoms with E-state index < -0.39 is 12.1 Å². The summed E-state index contributed by atoms with van der Waals surface area (Å²) in [5.41, 5.74) is 0. The van der Waals surface area contributed by atoms with Crippen molar-refractivity contribution in [1.29, 1.82) is 0 Å². The fraction of sp³-hybridized carbons (Fsp3) is 0.826. The fourth-order valence-electron chi connectivity index (χ4n) is 3.17. The van der Waals surface area contributed by atoms with Crippen LogP contribution < -0.4 is 0 Å². The van der Waals surface area contributed by atoms with Gasteiger partial charge in [0.25, 0.3) is 0 Å². The smallest absolute Gasteiger partial charge is 0.305 e. The normalized spacial score (nSPS) is 19.3. The number of allylic oxidation sites excluding steroid dienone is 1. The standard InChI is InChI=1S/C23H40O6/c1-3-4-5-6-8-11-14-21-22(29-21)15-12-9-7-10-13-16-23(26)28-18-20(25)17-27-19(2)24/h8,11,20-22,25H,3-7,9-10,12-18H2,1-2H3/b11-8-/t20-,21?,22?/m1/s1. The second kappa shape index (κ2) is 16.4. The number of carbonyl (C=O) groups excluding carboxylic acids is 2. The van der Waals surface area contributed by atoms with Gasteiger partial charge in [-0.1, -0.05) is 57.6 Å². The van der Waals surface area contributed by atoms with Crippen LogP contribution >= 0.6 is 0 Å². The molecule has 0 saturated carbocycles.